The molecule has 0 aliphatic heterocycles. The van der Waals surface area contributed by atoms with Crippen molar-refractivity contribution in [1.82, 2.24) is 19.9 Å². The Bertz CT molecular complexity index is 1680. The van der Waals surface area contributed by atoms with Crippen molar-refractivity contribution in [3.05, 3.63) is 98.1 Å². The van der Waals surface area contributed by atoms with Crippen LogP contribution in [0.1, 0.15) is 0 Å². The number of hydrogen-bond acceptors (Lipinski definition) is 5. The van der Waals surface area contributed by atoms with Gasteiger partial charge < -0.3 is 0 Å². The topological polar surface area (TPSA) is 51.6 Å². The minimum atomic E-state index is 1.09. The zero-order valence-electron chi connectivity index (χ0n) is 17.4. The van der Waals surface area contributed by atoms with Crippen LogP contribution in [0.4, 0.5) is 0 Å². The maximum Gasteiger partial charge on any atom is 0.0435 e. The van der Waals surface area contributed by atoms with Crippen molar-refractivity contribution < 1.29 is 0 Å². The van der Waals surface area contributed by atoms with Crippen LogP contribution in [-0.2, 0) is 0 Å². The van der Waals surface area contributed by atoms with Gasteiger partial charge in [-0.3, -0.25) is 19.9 Å². The highest BCUT2D eigenvalue weighted by molar-refractivity contribution is 7.27. The lowest BCUT2D eigenvalue weighted by Gasteiger charge is -2.09. The average Bonchev–Trinajstić information content (AvgIpc) is 3.28. The standard InChI is InChI=1S/C28H16N4S/c1-3-17(13-29-7-1)21-11-23-24-12-22(18-4-2-8-30-14-18)26-16-32-10-6-20(26)28(24)33-27(23)19-5-9-31-15-25(19)21/h1-16H. The highest BCUT2D eigenvalue weighted by Crippen LogP contribution is 2.46. The van der Waals surface area contributed by atoms with Crippen LogP contribution < -0.4 is 0 Å². The second-order valence-corrected chi connectivity index (χ2v) is 9.05. The van der Waals surface area contributed by atoms with E-state index >= 15 is 0 Å². The predicted octanol–water partition coefficient (Wildman–Crippen LogP) is 7.27. The molecule has 5 heteroatoms. The van der Waals surface area contributed by atoms with E-state index in [4.69, 9.17) is 0 Å². The molecule has 0 atom stereocenters. The molecule has 0 N–H and O–H groups in total. The fourth-order valence-corrected chi connectivity index (χ4v) is 6.06. The number of thiophene rings is 1. The molecule has 0 bridgehead atoms. The molecule has 0 unspecified atom stereocenters. The highest BCUT2D eigenvalue weighted by atomic mass is 32.1. The summed E-state index contributed by atoms with van der Waals surface area (Å²) in [5.41, 5.74) is 4.48. The Hall–Kier alpha value is -4.22. The largest absolute Gasteiger partial charge is 0.264 e. The molecule has 0 saturated carbocycles. The first-order valence-corrected chi connectivity index (χ1v) is 11.5. The van der Waals surface area contributed by atoms with Crippen LogP contribution >= 0.6 is 11.3 Å². The second-order valence-electron chi connectivity index (χ2n) is 8.03. The number of pyridine rings is 4. The Balaban J connectivity index is 1.68. The van der Waals surface area contributed by atoms with Gasteiger partial charge in [0.1, 0.15) is 0 Å². The van der Waals surface area contributed by atoms with Gasteiger partial charge in [-0.15, -0.1) is 11.3 Å². The molecule has 0 saturated heterocycles. The summed E-state index contributed by atoms with van der Waals surface area (Å²) in [5, 5.41) is 7.21. The molecular weight excluding hydrogens is 424 g/mol. The minimum absolute atomic E-state index is 1.09. The maximum atomic E-state index is 4.43. The Morgan fingerprint density at radius 2 is 0.939 bits per heavy atom. The quantitative estimate of drug-likeness (QED) is 0.284. The third kappa shape index (κ3) is 2.76. The monoisotopic (exact) mass is 440 g/mol. The van der Waals surface area contributed by atoms with Gasteiger partial charge in [-0.1, -0.05) is 12.1 Å². The molecule has 33 heavy (non-hydrogen) atoms. The van der Waals surface area contributed by atoms with Crippen molar-refractivity contribution in [2.75, 3.05) is 0 Å². The first kappa shape index (κ1) is 18.4. The SMILES string of the molecule is c1cncc(-c2cc3c4cc(-c5cccnc5)c5cnccc5c4sc3c3ccncc23)c1. The van der Waals surface area contributed by atoms with Crippen LogP contribution in [0.15, 0.2) is 98.1 Å². The molecule has 0 fully saturated rings. The summed E-state index contributed by atoms with van der Waals surface area (Å²) >= 11 is 1.84. The summed E-state index contributed by atoms with van der Waals surface area (Å²) in [4.78, 5) is 17.6. The Morgan fingerprint density at radius 1 is 0.455 bits per heavy atom. The molecule has 7 aromatic rings. The van der Waals surface area contributed by atoms with Crippen LogP contribution in [0.2, 0.25) is 0 Å². The van der Waals surface area contributed by atoms with Gasteiger partial charge in [-0.2, -0.15) is 0 Å². The number of fused-ring (bicyclic) bond motifs is 7. The Kier molecular flexibility index (Phi) is 3.98. The van der Waals surface area contributed by atoms with Gasteiger partial charge in [0.15, 0.2) is 0 Å². The molecule has 0 spiro atoms. The van der Waals surface area contributed by atoms with Gasteiger partial charge in [-0.05, 0) is 47.5 Å². The number of benzene rings is 2. The maximum absolute atomic E-state index is 4.43. The van der Waals surface area contributed by atoms with E-state index in [9.17, 15) is 0 Å². The Labute approximate surface area is 193 Å². The van der Waals surface area contributed by atoms with Crippen LogP contribution in [0.25, 0.3) is 64.0 Å². The van der Waals surface area contributed by atoms with Gasteiger partial charge in [0.2, 0.25) is 0 Å². The van der Waals surface area contributed by atoms with E-state index in [1.54, 1.807) is 0 Å². The van der Waals surface area contributed by atoms with E-state index in [1.807, 2.05) is 73.0 Å². The van der Waals surface area contributed by atoms with Gasteiger partial charge in [0, 0.05) is 102 Å². The number of nitrogens with zero attached hydrogens (tertiary/aromatic N) is 4. The molecule has 154 valence electrons. The van der Waals surface area contributed by atoms with E-state index in [0.717, 1.165) is 33.0 Å². The first-order valence-electron chi connectivity index (χ1n) is 10.7. The summed E-state index contributed by atoms with van der Waals surface area (Å²) in [6.45, 7) is 0. The molecule has 0 aliphatic rings. The van der Waals surface area contributed by atoms with E-state index < -0.39 is 0 Å². The second kappa shape index (κ2) is 7.15. The molecule has 5 aromatic heterocycles. The normalized spacial score (nSPS) is 11.6. The summed E-state index contributed by atoms with van der Waals surface area (Å²) < 4.78 is 2.55. The van der Waals surface area contributed by atoms with Crippen molar-refractivity contribution >= 4 is 53.1 Å². The predicted molar refractivity (Wildman–Crippen MR) is 136 cm³/mol. The van der Waals surface area contributed by atoms with Gasteiger partial charge in [-0.25, -0.2) is 0 Å². The van der Waals surface area contributed by atoms with E-state index in [0.29, 0.717) is 0 Å². The lowest BCUT2D eigenvalue weighted by Crippen LogP contribution is -1.86. The molecule has 2 aromatic carbocycles. The third-order valence-corrected chi connectivity index (χ3v) is 7.51. The zero-order chi connectivity index (χ0) is 21.8. The van der Waals surface area contributed by atoms with Crippen molar-refractivity contribution in [2.45, 2.75) is 0 Å². The van der Waals surface area contributed by atoms with Gasteiger partial charge >= 0.3 is 0 Å². The molecule has 5 heterocycles. The van der Waals surface area contributed by atoms with Crippen LogP contribution in [0, 0.1) is 0 Å². The molecule has 0 aliphatic carbocycles. The number of hydrogen-bond donors (Lipinski definition) is 0. The highest BCUT2D eigenvalue weighted by Gasteiger charge is 2.17. The minimum Gasteiger partial charge on any atom is -0.264 e. The van der Waals surface area contributed by atoms with Gasteiger partial charge in [0.05, 0.1) is 0 Å². The molecular formula is C28H16N4S. The van der Waals surface area contributed by atoms with Crippen molar-refractivity contribution in [3.8, 4) is 22.3 Å². The van der Waals surface area contributed by atoms with Gasteiger partial charge in [0.25, 0.3) is 0 Å². The number of aromatic nitrogens is 4. The molecule has 4 nitrogen and oxygen atoms in total. The van der Waals surface area contributed by atoms with E-state index in [1.165, 1.54) is 30.9 Å². The summed E-state index contributed by atoms with van der Waals surface area (Å²) in [6.07, 6.45) is 15.1. The molecule has 0 amide bonds. The van der Waals surface area contributed by atoms with Crippen LogP contribution in [0.5, 0.6) is 0 Å². The van der Waals surface area contributed by atoms with Crippen molar-refractivity contribution in [2.24, 2.45) is 0 Å². The summed E-state index contributed by atoms with van der Waals surface area (Å²) in [7, 11) is 0. The van der Waals surface area contributed by atoms with Crippen LogP contribution in [0.3, 0.4) is 0 Å². The summed E-state index contributed by atoms with van der Waals surface area (Å²) in [5.74, 6) is 0. The first-order chi connectivity index (χ1) is 16.4. The average molecular weight is 441 g/mol. The Morgan fingerprint density at radius 3 is 1.39 bits per heavy atom. The number of rotatable bonds is 2. The lowest BCUT2D eigenvalue weighted by molar-refractivity contribution is 1.33. The fourth-order valence-electron chi connectivity index (χ4n) is 4.72. The summed E-state index contributed by atoms with van der Waals surface area (Å²) in [6, 6.07) is 17.0. The molecule has 7 rings (SSSR count). The fraction of sp³-hybridized carbons (Fsp3) is 0. The zero-order valence-corrected chi connectivity index (χ0v) is 18.3. The smallest absolute Gasteiger partial charge is 0.0435 e. The third-order valence-electron chi connectivity index (χ3n) is 6.22. The van der Waals surface area contributed by atoms with E-state index in [-0.39, 0.29) is 0 Å². The van der Waals surface area contributed by atoms with Crippen LogP contribution in [-0.4, -0.2) is 19.9 Å². The van der Waals surface area contributed by atoms with E-state index in [2.05, 4.69) is 56.3 Å². The lowest BCUT2D eigenvalue weighted by atomic mass is 9.95. The molecule has 0 radical (unpaired) electrons. The van der Waals surface area contributed by atoms with Crippen molar-refractivity contribution in [1.29, 1.82) is 0 Å². The van der Waals surface area contributed by atoms with Crippen molar-refractivity contribution in [3.63, 3.8) is 0 Å².